The van der Waals surface area contributed by atoms with Crippen LogP contribution >= 0.6 is 0 Å². The molecule has 5 heteroatoms. The number of aromatic nitrogens is 3. The van der Waals surface area contributed by atoms with Crippen LogP contribution in [0, 0.1) is 0 Å². The number of carbonyl (C=O) groups excluding carboxylic acids is 1. The molecule has 0 spiro atoms. The Hall–Kier alpha value is -1.91. The van der Waals surface area contributed by atoms with E-state index in [1.807, 2.05) is 12.1 Å². The van der Waals surface area contributed by atoms with Gasteiger partial charge in [0, 0.05) is 19.2 Å². The second-order valence-corrected chi connectivity index (χ2v) is 3.23. The molecule has 15 heavy (non-hydrogen) atoms. The molecule has 0 unspecified atom stereocenters. The van der Waals surface area contributed by atoms with Gasteiger partial charge in [0.1, 0.15) is 0 Å². The second kappa shape index (κ2) is 4.54. The van der Waals surface area contributed by atoms with Crippen molar-refractivity contribution in [1.82, 2.24) is 20.3 Å². The van der Waals surface area contributed by atoms with Gasteiger partial charge in [0.25, 0.3) is 0 Å². The Morgan fingerprint density at radius 1 is 1.33 bits per heavy atom. The molecular formula is C10H12N4O. The van der Waals surface area contributed by atoms with Crippen molar-refractivity contribution in [3.05, 3.63) is 24.7 Å². The summed E-state index contributed by atoms with van der Waals surface area (Å²) in [6, 6.07) is 3.82. The van der Waals surface area contributed by atoms with E-state index in [1.54, 1.807) is 12.5 Å². The highest BCUT2D eigenvalue weighted by molar-refractivity contribution is 5.77. The summed E-state index contributed by atoms with van der Waals surface area (Å²) in [7, 11) is 0. The number of pyridine rings is 1. The number of aromatic amines is 1. The van der Waals surface area contributed by atoms with Crippen molar-refractivity contribution in [3.63, 3.8) is 0 Å². The first kappa shape index (κ1) is 9.64. The third-order valence-electron chi connectivity index (χ3n) is 2.10. The van der Waals surface area contributed by atoms with Gasteiger partial charge in [-0.3, -0.25) is 4.79 Å². The second-order valence-electron chi connectivity index (χ2n) is 3.23. The predicted molar refractivity (Wildman–Crippen MR) is 56.1 cm³/mol. The van der Waals surface area contributed by atoms with E-state index in [-0.39, 0.29) is 5.91 Å². The fourth-order valence-corrected chi connectivity index (χ4v) is 1.34. The number of nitrogens with zero attached hydrogens (tertiary/aromatic N) is 2. The van der Waals surface area contributed by atoms with Crippen molar-refractivity contribution in [2.24, 2.45) is 0 Å². The van der Waals surface area contributed by atoms with Crippen LogP contribution in [-0.4, -0.2) is 27.4 Å². The summed E-state index contributed by atoms with van der Waals surface area (Å²) in [5.41, 5.74) is 1.76. The summed E-state index contributed by atoms with van der Waals surface area (Å²) in [6.07, 6.45) is 5.12. The van der Waals surface area contributed by atoms with Crippen molar-refractivity contribution in [2.45, 2.75) is 12.8 Å². The minimum Gasteiger partial charge on any atom is -0.356 e. The Morgan fingerprint density at radius 3 is 2.87 bits per heavy atom. The summed E-state index contributed by atoms with van der Waals surface area (Å²) in [5, 5.41) is 2.68. The Balaban J connectivity index is 0.000000124. The molecule has 3 heterocycles. The largest absolute Gasteiger partial charge is 0.356 e. The zero-order valence-electron chi connectivity index (χ0n) is 8.23. The van der Waals surface area contributed by atoms with Crippen LogP contribution in [0.2, 0.25) is 0 Å². The molecule has 1 aliphatic rings. The van der Waals surface area contributed by atoms with E-state index in [4.69, 9.17) is 0 Å². The Kier molecular flexibility index (Phi) is 2.92. The van der Waals surface area contributed by atoms with Crippen LogP contribution < -0.4 is 5.32 Å². The van der Waals surface area contributed by atoms with Crippen molar-refractivity contribution < 1.29 is 4.79 Å². The summed E-state index contributed by atoms with van der Waals surface area (Å²) in [5.74, 6) is 0.204. The van der Waals surface area contributed by atoms with E-state index >= 15 is 0 Å². The summed E-state index contributed by atoms with van der Waals surface area (Å²) >= 11 is 0. The zero-order valence-corrected chi connectivity index (χ0v) is 8.23. The maximum Gasteiger partial charge on any atom is 0.220 e. The molecule has 0 bridgehead atoms. The third kappa shape index (κ3) is 2.52. The van der Waals surface area contributed by atoms with Crippen LogP contribution in [0.3, 0.4) is 0 Å². The Labute approximate surface area is 86.9 Å². The molecule has 1 fully saturated rings. The number of nitrogens with one attached hydrogen (secondary N) is 2. The molecule has 3 rings (SSSR count). The number of H-pyrrole nitrogens is 1. The summed E-state index contributed by atoms with van der Waals surface area (Å²) in [6.45, 7) is 0.888. The SMILES string of the molecule is O=C1CCCN1.c1cnc2nc[nH]c2c1. The lowest BCUT2D eigenvalue weighted by Gasteiger charge is -1.80. The van der Waals surface area contributed by atoms with Crippen LogP contribution in [0.25, 0.3) is 11.2 Å². The van der Waals surface area contributed by atoms with Gasteiger partial charge in [-0.1, -0.05) is 0 Å². The minimum absolute atomic E-state index is 0.204. The average Bonchev–Trinajstić information content (AvgIpc) is 2.88. The summed E-state index contributed by atoms with van der Waals surface area (Å²) < 4.78 is 0. The van der Waals surface area contributed by atoms with Crippen LogP contribution in [0.5, 0.6) is 0 Å². The molecule has 1 aliphatic heterocycles. The van der Waals surface area contributed by atoms with Gasteiger partial charge in [0.05, 0.1) is 11.8 Å². The Bertz CT molecular complexity index is 413. The van der Waals surface area contributed by atoms with Crippen molar-refractivity contribution in [3.8, 4) is 0 Å². The molecule has 1 amide bonds. The first-order valence-corrected chi connectivity index (χ1v) is 4.87. The normalized spacial score (nSPS) is 14.5. The highest BCUT2D eigenvalue weighted by atomic mass is 16.1. The third-order valence-corrected chi connectivity index (χ3v) is 2.10. The minimum atomic E-state index is 0.204. The van der Waals surface area contributed by atoms with Crippen molar-refractivity contribution in [1.29, 1.82) is 0 Å². The molecule has 0 saturated carbocycles. The molecule has 78 valence electrons. The first-order valence-electron chi connectivity index (χ1n) is 4.87. The van der Waals surface area contributed by atoms with Gasteiger partial charge in [0.15, 0.2) is 5.65 Å². The number of amides is 1. The number of imidazole rings is 1. The zero-order chi connectivity index (χ0) is 10.5. The molecule has 0 radical (unpaired) electrons. The van der Waals surface area contributed by atoms with Gasteiger partial charge < -0.3 is 10.3 Å². The predicted octanol–water partition coefficient (Wildman–Crippen LogP) is 0.854. The van der Waals surface area contributed by atoms with Crippen LogP contribution in [-0.2, 0) is 4.79 Å². The van der Waals surface area contributed by atoms with E-state index in [9.17, 15) is 4.79 Å². The van der Waals surface area contributed by atoms with E-state index < -0.39 is 0 Å². The molecule has 5 nitrogen and oxygen atoms in total. The van der Waals surface area contributed by atoms with E-state index in [2.05, 4.69) is 20.3 Å². The first-order chi connectivity index (χ1) is 7.36. The van der Waals surface area contributed by atoms with Gasteiger partial charge in [-0.05, 0) is 18.6 Å². The standard InChI is InChI=1S/C6H5N3.C4H7NO/c1-2-5-6(7-3-1)9-4-8-5;6-4-2-1-3-5-4/h1-4H,(H,7,8,9);1-3H2,(H,5,6). The Morgan fingerprint density at radius 2 is 2.27 bits per heavy atom. The van der Waals surface area contributed by atoms with Gasteiger partial charge in [-0.15, -0.1) is 0 Å². The lowest BCUT2D eigenvalue weighted by molar-refractivity contribution is -0.119. The highest BCUT2D eigenvalue weighted by Crippen LogP contribution is 2.01. The van der Waals surface area contributed by atoms with Gasteiger partial charge in [0.2, 0.25) is 5.91 Å². The van der Waals surface area contributed by atoms with Crippen LogP contribution in [0.15, 0.2) is 24.7 Å². The highest BCUT2D eigenvalue weighted by Gasteiger charge is 2.05. The van der Waals surface area contributed by atoms with Gasteiger partial charge >= 0.3 is 0 Å². The fraction of sp³-hybridized carbons (Fsp3) is 0.300. The lowest BCUT2D eigenvalue weighted by atomic mass is 10.4. The smallest absolute Gasteiger partial charge is 0.220 e. The quantitative estimate of drug-likeness (QED) is 0.668. The number of hydrogen-bond donors (Lipinski definition) is 2. The number of hydrogen-bond acceptors (Lipinski definition) is 3. The number of rotatable bonds is 0. The molecule has 0 atom stereocenters. The number of carbonyl (C=O) groups is 1. The molecule has 2 N–H and O–H groups in total. The van der Waals surface area contributed by atoms with E-state index in [0.29, 0.717) is 0 Å². The van der Waals surface area contributed by atoms with E-state index in [1.165, 1.54) is 0 Å². The molecule has 1 saturated heterocycles. The van der Waals surface area contributed by atoms with Crippen LogP contribution in [0.1, 0.15) is 12.8 Å². The lowest BCUT2D eigenvalue weighted by Crippen LogP contribution is -2.12. The molecule has 2 aromatic heterocycles. The summed E-state index contributed by atoms with van der Waals surface area (Å²) in [4.78, 5) is 21.0. The molecule has 2 aromatic rings. The van der Waals surface area contributed by atoms with Gasteiger partial charge in [-0.25, -0.2) is 9.97 Å². The maximum atomic E-state index is 10.1. The monoisotopic (exact) mass is 204 g/mol. The topological polar surface area (TPSA) is 70.7 Å². The van der Waals surface area contributed by atoms with Gasteiger partial charge in [-0.2, -0.15) is 0 Å². The molecule has 0 aliphatic carbocycles. The molecule has 0 aromatic carbocycles. The fourth-order valence-electron chi connectivity index (χ4n) is 1.34. The van der Waals surface area contributed by atoms with Crippen molar-refractivity contribution in [2.75, 3.05) is 6.54 Å². The van der Waals surface area contributed by atoms with E-state index in [0.717, 1.165) is 30.6 Å². The molecular weight excluding hydrogens is 192 g/mol. The number of fused-ring (bicyclic) bond motifs is 1. The van der Waals surface area contributed by atoms with Crippen molar-refractivity contribution >= 4 is 17.1 Å². The van der Waals surface area contributed by atoms with Crippen LogP contribution in [0.4, 0.5) is 0 Å². The maximum absolute atomic E-state index is 10.1. The average molecular weight is 204 g/mol.